The molecule has 2 aliphatic rings. The highest BCUT2D eigenvalue weighted by atomic mass is 16.7. The molecule has 1 N–H and O–H groups in total. The van der Waals surface area contributed by atoms with Crippen LogP contribution in [0.15, 0.2) is 152 Å². The number of carboxylic acid groups (broad SMARTS) is 1. The molecule has 2 fully saturated rings. The van der Waals surface area contributed by atoms with Crippen LogP contribution in [0.1, 0.15) is 111 Å². The van der Waals surface area contributed by atoms with Crippen LogP contribution in [0.5, 0.6) is 0 Å². The van der Waals surface area contributed by atoms with Gasteiger partial charge in [-0.1, -0.05) is 131 Å². The summed E-state index contributed by atoms with van der Waals surface area (Å²) >= 11 is 0. The maximum atomic E-state index is 14.1. The summed E-state index contributed by atoms with van der Waals surface area (Å²) in [6, 6.07) is 41.4. The van der Waals surface area contributed by atoms with Crippen molar-refractivity contribution in [3.8, 4) is 0 Å². The Morgan fingerprint density at radius 2 is 0.757 bits per heavy atom. The number of rotatable bonds is 24. The Kier molecular flexibility index (Phi) is 20.4. The highest BCUT2D eigenvalue weighted by molar-refractivity contribution is 5.91. The van der Waals surface area contributed by atoms with Gasteiger partial charge >= 0.3 is 35.8 Å². The molecule has 0 aliphatic carbocycles. The van der Waals surface area contributed by atoms with E-state index in [2.05, 4.69) is 0 Å². The lowest BCUT2D eigenvalue weighted by Gasteiger charge is -2.48. The number of hydrogen-bond acceptors (Lipinski definition) is 15. The summed E-state index contributed by atoms with van der Waals surface area (Å²) in [7, 11) is 0. The molecule has 10 unspecified atom stereocenters. The Balaban J connectivity index is 1.22. The molecular weight excluding hydrogens is 953 g/mol. The first-order valence-corrected chi connectivity index (χ1v) is 25.0. The van der Waals surface area contributed by atoms with Crippen molar-refractivity contribution in [3.05, 3.63) is 179 Å². The third-order valence-corrected chi connectivity index (χ3v) is 12.8. The van der Waals surface area contributed by atoms with E-state index in [0.29, 0.717) is 12.8 Å². The van der Waals surface area contributed by atoms with E-state index in [0.717, 1.165) is 25.7 Å². The first-order valence-electron chi connectivity index (χ1n) is 25.0. The molecule has 0 amide bonds. The maximum absolute atomic E-state index is 14.1. The SMILES string of the molecule is CC1C(OC2C(COC(=O)c3ccccc3)OC(OCCCCCCCCC(=O)O)C(C)C2OC(=O)c2ccccc2)OC(COC(=O)c2ccccc2)C(OC(=O)c2ccccc2)C1OC(=O)c1ccccc1. The van der Waals surface area contributed by atoms with E-state index in [-0.39, 0.29) is 40.8 Å². The molecule has 0 bridgehead atoms. The minimum atomic E-state index is -1.39. The largest absolute Gasteiger partial charge is 0.481 e. The monoisotopic (exact) mass is 1010 g/mol. The molecular formula is C58H62O16. The van der Waals surface area contributed by atoms with Crippen LogP contribution in [0.25, 0.3) is 0 Å². The van der Waals surface area contributed by atoms with Crippen LogP contribution in [0.4, 0.5) is 0 Å². The molecule has 7 rings (SSSR count). The first kappa shape index (κ1) is 54.5. The van der Waals surface area contributed by atoms with Gasteiger partial charge in [-0.05, 0) is 73.5 Å². The van der Waals surface area contributed by atoms with Crippen molar-refractivity contribution >= 4 is 35.8 Å². The van der Waals surface area contributed by atoms with Crippen molar-refractivity contribution in [2.75, 3.05) is 19.8 Å². The van der Waals surface area contributed by atoms with E-state index in [1.165, 1.54) is 0 Å². The second kappa shape index (κ2) is 27.7. The van der Waals surface area contributed by atoms with E-state index in [1.807, 2.05) is 0 Å². The molecule has 0 radical (unpaired) electrons. The molecule has 2 saturated heterocycles. The number of hydrogen-bond donors (Lipinski definition) is 1. The molecule has 390 valence electrons. The zero-order valence-corrected chi connectivity index (χ0v) is 41.3. The van der Waals surface area contributed by atoms with Crippen LogP contribution >= 0.6 is 0 Å². The van der Waals surface area contributed by atoms with Crippen molar-refractivity contribution in [3.63, 3.8) is 0 Å². The van der Waals surface area contributed by atoms with Crippen LogP contribution in [0, 0.1) is 11.8 Å². The van der Waals surface area contributed by atoms with Crippen LogP contribution in [0.2, 0.25) is 0 Å². The number of esters is 5. The first-order chi connectivity index (χ1) is 36.0. The van der Waals surface area contributed by atoms with E-state index in [9.17, 15) is 28.8 Å². The van der Waals surface area contributed by atoms with Gasteiger partial charge in [0, 0.05) is 24.9 Å². The Bertz CT molecular complexity index is 2560. The van der Waals surface area contributed by atoms with Crippen molar-refractivity contribution in [2.24, 2.45) is 11.8 Å². The number of carbonyl (C=O) groups excluding carboxylic acids is 5. The number of carbonyl (C=O) groups is 6. The fourth-order valence-electron chi connectivity index (χ4n) is 8.72. The van der Waals surface area contributed by atoms with Crippen LogP contribution in [0.3, 0.4) is 0 Å². The van der Waals surface area contributed by atoms with Gasteiger partial charge < -0.3 is 47.7 Å². The molecule has 5 aromatic carbocycles. The number of aliphatic carboxylic acids is 1. The summed E-state index contributed by atoms with van der Waals surface area (Å²) in [5.74, 6) is -6.09. The second-order valence-corrected chi connectivity index (χ2v) is 18.2. The van der Waals surface area contributed by atoms with Crippen molar-refractivity contribution in [2.45, 2.75) is 108 Å². The third kappa shape index (κ3) is 15.4. The van der Waals surface area contributed by atoms with Crippen molar-refractivity contribution in [1.29, 1.82) is 0 Å². The van der Waals surface area contributed by atoms with Crippen LogP contribution in [-0.4, -0.2) is 110 Å². The van der Waals surface area contributed by atoms with Crippen LogP contribution in [-0.2, 0) is 47.4 Å². The summed E-state index contributed by atoms with van der Waals surface area (Å²) in [6.07, 6.45) is -5.32. The lowest BCUT2D eigenvalue weighted by molar-refractivity contribution is -0.343. The lowest BCUT2D eigenvalue weighted by Crippen LogP contribution is -2.63. The molecule has 16 nitrogen and oxygen atoms in total. The normalized spacial score (nSPS) is 23.4. The standard InChI is InChI=1S/C58H62O16/c1-38-48(71-54(63)42-28-16-9-17-29-42)51(46(37-68-53(62)41-26-14-8-15-27-41)69-57(38)66-35-23-6-4-3-5-22-34-47(59)60)74-58-39(2)49(72-55(64)43-30-18-10-19-31-43)50(73-56(65)44-32-20-11-21-33-44)45(70-58)36-67-52(61)40-24-12-7-13-25-40/h7-21,24-33,38-39,45-46,48-51,57-58H,3-6,22-23,34-37H2,1-2H3,(H,59,60). The smallest absolute Gasteiger partial charge is 0.338 e. The molecule has 5 aromatic rings. The second-order valence-electron chi connectivity index (χ2n) is 18.2. The molecule has 2 heterocycles. The van der Waals surface area contributed by atoms with Crippen LogP contribution < -0.4 is 0 Å². The summed E-state index contributed by atoms with van der Waals surface area (Å²) < 4.78 is 57.2. The molecule has 0 spiro atoms. The van der Waals surface area contributed by atoms with Gasteiger partial charge in [-0.3, -0.25) is 4.79 Å². The molecule has 74 heavy (non-hydrogen) atoms. The maximum Gasteiger partial charge on any atom is 0.338 e. The number of unbranched alkanes of at least 4 members (excludes halogenated alkanes) is 5. The third-order valence-electron chi connectivity index (χ3n) is 12.8. The lowest BCUT2D eigenvalue weighted by atomic mass is 9.89. The average Bonchev–Trinajstić information content (AvgIpc) is 3.43. The van der Waals surface area contributed by atoms with Gasteiger partial charge in [0.15, 0.2) is 18.7 Å². The van der Waals surface area contributed by atoms with E-state index in [4.69, 9.17) is 47.7 Å². The molecule has 0 aromatic heterocycles. The number of benzene rings is 5. The summed E-state index contributed by atoms with van der Waals surface area (Å²) in [6.45, 7) is 2.79. The fourth-order valence-corrected chi connectivity index (χ4v) is 8.72. The van der Waals surface area contributed by atoms with Gasteiger partial charge in [-0.2, -0.15) is 0 Å². The average molecular weight is 1020 g/mol. The number of carboxylic acids is 1. The van der Waals surface area contributed by atoms with Crippen molar-refractivity contribution in [1.82, 2.24) is 0 Å². The van der Waals surface area contributed by atoms with E-state index < -0.39 is 110 Å². The minimum Gasteiger partial charge on any atom is -0.481 e. The quantitative estimate of drug-likeness (QED) is 0.0347. The Morgan fingerprint density at radius 3 is 1.19 bits per heavy atom. The molecule has 0 saturated carbocycles. The van der Waals surface area contributed by atoms with Gasteiger partial charge in [-0.15, -0.1) is 0 Å². The Hall–Kier alpha value is -7.24. The zero-order valence-electron chi connectivity index (χ0n) is 41.3. The van der Waals surface area contributed by atoms with E-state index in [1.54, 1.807) is 166 Å². The summed E-state index contributed by atoms with van der Waals surface area (Å²) in [5.41, 5.74) is 1.15. The number of ether oxygens (including phenoxy) is 9. The summed E-state index contributed by atoms with van der Waals surface area (Å²) in [4.78, 5) is 80.0. The van der Waals surface area contributed by atoms with Gasteiger partial charge in [0.05, 0.1) is 27.8 Å². The highest BCUT2D eigenvalue weighted by Gasteiger charge is 2.54. The Labute approximate surface area is 430 Å². The molecule has 16 heteroatoms. The molecule has 10 atom stereocenters. The fraction of sp³-hybridized carbons (Fsp3) is 0.379. The highest BCUT2D eigenvalue weighted by Crippen LogP contribution is 2.38. The minimum absolute atomic E-state index is 0.131. The molecule has 2 aliphatic heterocycles. The van der Waals surface area contributed by atoms with Gasteiger partial charge in [-0.25, -0.2) is 24.0 Å². The Morgan fingerprint density at radius 1 is 0.419 bits per heavy atom. The van der Waals surface area contributed by atoms with E-state index >= 15 is 0 Å². The predicted octanol–water partition coefficient (Wildman–Crippen LogP) is 9.32. The topological polar surface area (TPSA) is 206 Å². The van der Waals surface area contributed by atoms with Gasteiger partial charge in [0.1, 0.15) is 43.7 Å². The summed E-state index contributed by atoms with van der Waals surface area (Å²) in [5, 5.41) is 8.98. The van der Waals surface area contributed by atoms with Gasteiger partial charge in [0.25, 0.3) is 0 Å². The van der Waals surface area contributed by atoms with Gasteiger partial charge in [0.2, 0.25) is 0 Å². The predicted molar refractivity (Wildman–Crippen MR) is 267 cm³/mol. The van der Waals surface area contributed by atoms with Crippen molar-refractivity contribution < 1.29 is 76.5 Å². The zero-order chi connectivity index (χ0) is 52.2.